The van der Waals surface area contributed by atoms with E-state index in [4.69, 9.17) is 0 Å². The normalized spacial score (nSPS) is 11.2. The van der Waals surface area contributed by atoms with Crippen LogP contribution in [0.5, 0.6) is 5.75 Å². The Labute approximate surface area is 132 Å². The average Bonchev–Trinajstić information content (AvgIpc) is 2.82. The largest absolute Gasteiger partial charge is 0.506 e. The van der Waals surface area contributed by atoms with Crippen molar-refractivity contribution in [3.05, 3.63) is 70.1 Å². The minimum Gasteiger partial charge on any atom is -0.506 e. The molecule has 0 atom stereocenters. The number of hydrogen-bond donors (Lipinski definition) is 2. The minimum absolute atomic E-state index is 0.0169. The Morgan fingerprint density at radius 3 is 2.39 bits per heavy atom. The quantitative estimate of drug-likeness (QED) is 0.719. The van der Waals surface area contributed by atoms with E-state index in [2.05, 4.69) is 15.3 Å². The zero-order valence-corrected chi connectivity index (χ0v) is 12.8. The topological polar surface area (TPSA) is 82.7 Å². The van der Waals surface area contributed by atoms with E-state index in [1.165, 1.54) is 10.7 Å². The van der Waals surface area contributed by atoms with Crippen LogP contribution in [-0.2, 0) is 0 Å². The molecule has 2 aromatic carbocycles. The number of aromatic nitrogens is 2. The fourth-order valence-corrected chi connectivity index (χ4v) is 2.18. The number of aromatic amines is 1. The molecule has 1 heterocycles. The third kappa shape index (κ3) is 2.91. The van der Waals surface area contributed by atoms with Gasteiger partial charge in [0.2, 0.25) is 0 Å². The van der Waals surface area contributed by atoms with Crippen LogP contribution in [0.25, 0.3) is 5.69 Å². The lowest BCUT2D eigenvalue weighted by Crippen LogP contribution is -2.13. The van der Waals surface area contributed by atoms with E-state index >= 15 is 0 Å². The maximum absolute atomic E-state index is 12.5. The highest BCUT2D eigenvalue weighted by molar-refractivity contribution is 5.51. The van der Waals surface area contributed by atoms with Crippen LogP contribution >= 0.6 is 0 Å². The number of azo groups is 1. The maximum Gasteiger partial charge on any atom is 0.299 e. The number of benzene rings is 2. The first kappa shape index (κ1) is 14.8. The highest BCUT2D eigenvalue weighted by Gasteiger charge is 2.12. The van der Waals surface area contributed by atoms with Crippen LogP contribution in [0, 0.1) is 13.8 Å². The first-order chi connectivity index (χ1) is 11.1. The van der Waals surface area contributed by atoms with Gasteiger partial charge in [0.05, 0.1) is 11.4 Å². The zero-order valence-electron chi connectivity index (χ0n) is 12.8. The Morgan fingerprint density at radius 1 is 1.00 bits per heavy atom. The van der Waals surface area contributed by atoms with Gasteiger partial charge in [0.25, 0.3) is 5.56 Å². The Balaban J connectivity index is 2.00. The van der Waals surface area contributed by atoms with Crippen molar-refractivity contribution in [1.82, 2.24) is 9.78 Å². The van der Waals surface area contributed by atoms with Crippen LogP contribution < -0.4 is 5.56 Å². The van der Waals surface area contributed by atoms with Crippen LogP contribution in [-0.4, -0.2) is 14.9 Å². The van der Waals surface area contributed by atoms with Gasteiger partial charge in [-0.2, -0.15) is 0 Å². The summed E-state index contributed by atoms with van der Waals surface area (Å²) in [5, 5.41) is 20.6. The summed E-state index contributed by atoms with van der Waals surface area (Å²) in [4.78, 5) is 12.5. The van der Waals surface area contributed by atoms with Crippen LogP contribution in [0.2, 0.25) is 0 Å². The molecule has 0 unspecified atom stereocenters. The SMILES string of the molecule is Cc1ccc(-n2[nH]c(C)c(N=Nc3ccccc3O)c2=O)cc1. The summed E-state index contributed by atoms with van der Waals surface area (Å²) in [6.07, 6.45) is 0. The van der Waals surface area contributed by atoms with Gasteiger partial charge in [0.15, 0.2) is 5.69 Å². The summed E-state index contributed by atoms with van der Waals surface area (Å²) in [6.45, 7) is 3.74. The summed E-state index contributed by atoms with van der Waals surface area (Å²) in [7, 11) is 0. The first-order valence-corrected chi connectivity index (χ1v) is 7.14. The summed E-state index contributed by atoms with van der Waals surface area (Å²) in [5.41, 5.74) is 2.70. The van der Waals surface area contributed by atoms with Crippen LogP contribution in [0.4, 0.5) is 11.4 Å². The predicted molar refractivity (Wildman–Crippen MR) is 88.1 cm³/mol. The van der Waals surface area contributed by atoms with Crippen molar-refractivity contribution in [1.29, 1.82) is 0 Å². The van der Waals surface area contributed by atoms with Gasteiger partial charge in [-0.3, -0.25) is 9.89 Å². The molecule has 2 N–H and O–H groups in total. The molecular formula is C17H16N4O2. The first-order valence-electron chi connectivity index (χ1n) is 7.14. The predicted octanol–water partition coefficient (Wildman–Crippen LogP) is 3.90. The molecule has 0 saturated heterocycles. The number of rotatable bonds is 3. The molecule has 0 amide bonds. The number of nitrogens with zero attached hydrogens (tertiary/aromatic N) is 3. The van der Waals surface area contributed by atoms with Crippen molar-refractivity contribution >= 4 is 11.4 Å². The number of aryl methyl sites for hydroxylation is 2. The van der Waals surface area contributed by atoms with E-state index in [9.17, 15) is 9.90 Å². The number of hydrogen-bond acceptors (Lipinski definition) is 4. The number of para-hydroxylation sites is 1. The molecule has 0 spiro atoms. The standard InChI is InChI=1S/C17H16N4O2/c1-11-7-9-13(10-8-11)21-17(23)16(12(2)20-21)19-18-14-5-3-4-6-15(14)22/h3-10,20,22H,1-2H3. The summed E-state index contributed by atoms with van der Waals surface area (Å²) in [6, 6.07) is 14.2. The van der Waals surface area contributed by atoms with Gasteiger partial charge < -0.3 is 5.11 Å². The average molecular weight is 308 g/mol. The molecule has 116 valence electrons. The number of aromatic hydroxyl groups is 1. The molecule has 0 aliphatic heterocycles. The fourth-order valence-electron chi connectivity index (χ4n) is 2.18. The van der Waals surface area contributed by atoms with Gasteiger partial charge in [-0.05, 0) is 38.1 Å². The van der Waals surface area contributed by atoms with E-state index in [0.717, 1.165) is 11.3 Å². The van der Waals surface area contributed by atoms with Gasteiger partial charge in [0, 0.05) is 0 Å². The minimum atomic E-state index is -0.287. The van der Waals surface area contributed by atoms with Crippen molar-refractivity contribution in [3.63, 3.8) is 0 Å². The summed E-state index contributed by atoms with van der Waals surface area (Å²) in [5.74, 6) is 0.0169. The number of phenolic OH excluding ortho intramolecular Hbond substituents is 1. The molecule has 23 heavy (non-hydrogen) atoms. The molecule has 0 saturated carbocycles. The third-order valence-corrected chi connectivity index (χ3v) is 3.47. The fraction of sp³-hybridized carbons (Fsp3) is 0.118. The Hall–Kier alpha value is -3.15. The third-order valence-electron chi connectivity index (χ3n) is 3.47. The molecule has 0 bridgehead atoms. The molecular weight excluding hydrogens is 292 g/mol. The van der Waals surface area contributed by atoms with Gasteiger partial charge in [-0.25, -0.2) is 4.68 Å². The maximum atomic E-state index is 12.5. The van der Waals surface area contributed by atoms with Crippen LogP contribution in [0.3, 0.4) is 0 Å². The number of H-pyrrole nitrogens is 1. The van der Waals surface area contributed by atoms with E-state index in [1.54, 1.807) is 25.1 Å². The van der Waals surface area contributed by atoms with Gasteiger partial charge >= 0.3 is 0 Å². The molecule has 1 aromatic heterocycles. The molecule has 0 aliphatic carbocycles. The number of phenols is 1. The van der Waals surface area contributed by atoms with E-state index in [1.807, 2.05) is 31.2 Å². The van der Waals surface area contributed by atoms with Crippen LogP contribution in [0.15, 0.2) is 63.6 Å². The van der Waals surface area contributed by atoms with Gasteiger partial charge in [0.1, 0.15) is 11.4 Å². The molecule has 0 aliphatic rings. The lowest BCUT2D eigenvalue weighted by molar-refractivity contribution is 0.476. The van der Waals surface area contributed by atoms with E-state index < -0.39 is 0 Å². The molecule has 6 heteroatoms. The lowest BCUT2D eigenvalue weighted by atomic mass is 10.2. The summed E-state index contributed by atoms with van der Waals surface area (Å²) >= 11 is 0. The zero-order chi connectivity index (χ0) is 16.4. The molecule has 3 aromatic rings. The van der Waals surface area contributed by atoms with Gasteiger partial charge in [-0.1, -0.05) is 29.8 Å². The molecule has 0 radical (unpaired) electrons. The second-order valence-electron chi connectivity index (χ2n) is 5.25. The Kier molecular flexibility index (Phi) is 3.80. The van der Waals surface area contributed by atoms with E-state index in [0.29, 0.717) is 11.4 Å². The second kappa shape index (κ2) is 5.92. The highest BCUT2D eigenvalue weighted by Crippen LogP contribution is 2.27. The highest BCUT2D eigenvalue weighted by atomic mass is 16.3. The monoisotopic (exact) mass is 308 g/mol. The molecule has 0 fully saturated rings. The van der Waals surface area contributed by atoms with Crippen molar-refractivity contribution in [2.75, 3.05) is 0 Å². The summed E-state index contributed by atoms with van der Waals surface area (Å²) < 4.78 is 1.42. The van der Waals surface area contributed by atoms with Crippen molar-refractivity contribution < 1.29 is 5.11 Å². The van der Waals surface area contributed by atoms with Crippen molar-refractivity contribution in [2.45, 2.75) is 13.8 Å². The lowest BCUT2D eigenvalue weighted by Gasteiger charge is -2.01. The molecule has 3 rings (SSSR count). The Morgan fingerprint density at radius 2 is 1.70 bits per heavy atom. The molecule has 6 nitrogen and oxygen atoms in total. The van der Waals surface area contributed by atoms with Crippen LogP contribution in [0.1, 0.15) is 11.3 Å². The second-order valence-corrected chi connectivity index (χ2v) is 5.25. The Bertz CT molecular complexity index is 921. The van der Waals surface area contributed by atoms with Crippen molar-refractivity contribution in [3.8, 4) is 11.4 Å². The number of nitrogens with one attached hydrogen (secondary N) is 1. The smallest absolute Gasteiger partial charge is 0.299 e. The van der Waals surface area contributed by atoms with Crippen molar-refractivity contribution in [2.24, 2.45) is 10.2 Å². The van der Waals surface area contributed by atoms with Gasteiger partial charge in [-0.15, -0.1) is 10.2 Å². The van der Waals surface area contributed by atoms with E-state index in [-0.39, 0.29) is 17.0 Å².